The number of carbonyl (C=O) groups excluding carboxylic acids is 1. The summed E-state index contributed by atoms with van der Waals surface area (Å²) in [7, 11) is 0. The molecule has 29 heteroatoms. The summed E-state index contributed by atoms with van der Waals surface area (Å²) in [6, 6.07) is 18.9. The summed E-state index contributed by atoms with van der Waals surface area (Å²) >= 11 is 0. The van der Waals surface area contributed by atoms with E-state index in [9.17, 15) is 120 Å². The van der Waals surface area contributed by atoms with Crippen LogP contribution in [0, 0.1) is 0 Å². The second-order valence-corrected chi connectivity index (χ2v) is 18.8. The molecule has 8 aromatic rings. The van der Waals surface area contributed by atoms with Gasteiger partial charge in [-0.15, -0.1) is 0 Å². The van der Waals surface area contributed by atoms with Gasteiger partial charge >= 0.3 is 55.4 Å². The van der Waals surface area contributed by atoms with Crippen molar-refractivity contribution in [2.75, 3.05) is 0 Å². The van der Waals surface area contributed by atoms with E-state index in [1.807, 2.05) is 65.2 Å². The van der Waals surface area contributed by atoms with Gasteiger partial charge in [-0.1, -0.05) is 97.1 Å². The van der Waals surface area contributed by atoms with E-state index in [2.05, 4.69) is 0 Å². The van der Waals surface area contributed by atoms with Crippen molar-refractivity contribution in [3.63, 3.8) is 0 Å². The van der Waals surface area contributed by atoms with Gasteiger partial charge in [-0.2, -0.15) is 132 Å². The Labute approximate surface area is 461 Å². The van der Waals surface area contributed by atoms with Crippen molar-refractivity contribution in [1.29, 1.82) is 0 Å². The number of rotatable bonds is 9. The summed E-state index contributed by atoms with van der Waals surface area (Å²) in [4.78, 5) is 24.3. The Morgan fingerprint density at radius 3 is 0.965 bits per heavy atom. The SMILES string of the molecule is FC(F)(F)c1cc([B-](c2cc(C(F)(F)F)cc(C(F)(F)F)c2)(c2cc(C(F)(F)F)cc(C(F)(F)F)c2)c2cc(C(F)(F)F)cc(C(F)(F)F)c2)cc(C(F)(F)F)c1.O=C(O)c1cccc(-c2ccc3ccccc3[n+]2CC(=O)c2ccccc2)c1. The molecule has 0 saturated carbocycles. The fourth-order valence-electron chi connectivity index (χ4n) is 9.43. The molecule has 0 radical (unpaired) electrons. The Bertz CT molecular complexity index is 3380. The van der Waals surface area contributed by atoms with Crippen LogP contribution in [-0.4, -0.2) is 23.0 Å². The van der Waals surface area contributed by atoms with E-state index >= 15 is 0 Å². The summed E-state index contributed by atoms with van der Waals surface area (Å²) in [6.07, 6.45) is -54.8. The quantitative estimate of drug-likeness (QED) is 0.0678. The summed E-state index contributed by atoms with van der Waals surface area (Å²) < 4.78 is 343. The van der Waals surface area contributed by atoms with Gasteiger partial charge in [0.05, 0.1) is 50.1 Å². The highest BCUT2D eigenvalue weighted by Crippen LogP contribution is 2.42. The highest BCUT2D eigenvalue weighted by molar-refractivity contribution is 7.20. The van der Waals surface area contributed by atoms with Crippen LogP contribution in [0.4, 0.5) is 105 Å². The number of fused-ring (bicyclic) bond motifs is 1. The third-order valence-electron chi connectivity index (χ3n) is 13.2. The van der Waals surface area contributed by atoms with E-state index in [0.717, 1.165) is 22.2 Å². The standard InChI is InChI=1S/C32H12BF24.C24H17NO3/c34-25(35,36)13-1-14(26(37,38)39)6-21(5-13)33(22-7-15(27(40,41)42)2-16(8-22)28(43,44)45,23-9-17(29(46,47)48)3-18(10-23)30(49,50)51)24-11-19(31(52,53)54)4-20(12-24)32(55,56)57;26-23(18-8-2-1-3-9-18)16-25-21-12-5-4-7-17(21)13-14-22(25)19-10-6-11-20(15-19)24(27)28/h1-12H;1-15H,16H2/q-1;/p+1. The molecule has 0 fully saturated rings. The van der Waals surface area contributed by atoms with Crippen molar-refractivity contribution >= 4 is 50.7 Å². The zero-order chi connectivity index (χ0) is 63.4. The Morgan fingerprint density at radius 1 is 0.341 bits per heavy atom. The van der Waals surface area contributed by atoms with E-state index in [0.29, 0.717) is 5.56 Å². The van der Waals surface area contributed by atoms with Gasteiger partial charge in [-0.05, 0) is 54.6 Å². The molecular formula is C56H30BF24NO3. The minimum Gasteiger partial charge on any atom is -0.478 e. The van der Waals surface area contributed by atoms with E-state index in [-0.39, 0.29) is 17.9 Å². The maximum atomic E-state index is 14.2. The first-order chi connectivity index (χ1) is 38.9. The van der Waals surface area contributed by atoms with Crippen molar-refractivity contribution in [2.45, 2.75) is 56.0 Å². The molecule has 0 spiro atoms. The Kier molecular flexibility index (Phi) is 16.9. The molecule has 448 valence electrons. The smallest absolute Gasteiger partial charge is 0.416 e. The molecule has 8 rings (SSSR count). The number of hydrogen-bond donors (Lipinski definition) is 1. The molecule has 0 saturated heterocycles. The van der Waals surface area contributed by atoms with Crippen LogP contribution in [0.1, 0.15) is 65.2 Å². The number of Topliss-reactive ketones (excluding diaryl/α,β-unsaturated/α-hetero) is 1. The van der Waals surface area contributed by atoms with Gasteiger partial charge in [0, 0.05) is 28.6 Å². The van der Waals surface area contributed by atoms with Gasteiger partial charge in [0.2, 0.25) is 23.5 Å². The molecule has 0 atom stereocenters. The normalized spacial score (nSPS) is 13.1. The van der Waals surface area contributed by atoms with Gasteiger partial charge < -0.3 is 5.11 Å². The van der Waals surface area contributed by atoms with Crippen molar-refractivity contribution in [2.24, 2.45) is 0 Å². The maximum Gasteiger partial charge on any atom is 0.416 e. The first-order valence-electron chi connectivity index (χ1n) is 23.6. The number of alkyl halides is 24. The van der Waals surface area contributed by atoms with Crippen molar-refractivity contribution < 1.29 is 125 Å². The summed E-state index contributed by atoms with van der Waals surface area (Å²) in [5, 5.41) is 10.3. The van der Waals surface area contributed by atoms with Crippen LogP contribution in [0.5, 0.6) is 0 Å². The average Bonchev–Trinajstić information content (AvgIpc) is 0.782. The molecule has 0 amide bonds. The van der Waals surface area contributed by atoms with Crippen LogP contribution in [0.2, 0.25) is 0 Å². The number of aromatic carboxylic acids is 1. The van der Waals surface area contributed by atoms with Crippen molar-refractivity contribution in [3.05, 3.63) is 219 Å². The van der Waals surface area contributed by atoms with Crippen LogP contribution in [0.25, 0.3) is 22.2 Å². The Balaban J connectivity index is 0.000000306. The maximum absolute atomic E-state index is 14.2. The predicted molar refractivity (Wildman–Crippen MR) is 257 cm³/mol. The molecule has 0 aliphatic carbocycles. The number of aromatic nitrogens is 1. The van der Waals surface area contributed by atoms with Gasteiger partial charge in [-0.3, -0.25) is 4.79 Å². The van der Waals surface area contributed by atoms with Crippen LogP contribution >= 0.6 is 0 Å². The molecule has 0 bridgehead atoms. The first-order valence-corrected chi connectivity index (χ1v) is 23.6. The minimum atomic E-state index is -6.13. The van der Waals surface area contributed by atoms with Crippen LogP contribution < -0.4 is 26.4 Å². The fraction of sp³-hybridized carbons (Fsp3) is 0.161. The summed E-state index contributed by atoms with van der Waals surface area (Å²) in [5.74, 6) is -0.979. The zero-order valence-electron chi connectivity index (χ0n) is 41.7. The summed E-state index contributed by atoms with van der Waals surface area (Å²) in [6.45, 7) is 0.165. The number of hydrogen-bond acceptors (Lipinski definition) is 2. The lowest BCUT2D eigenvalue weighted by molar-refractivity contribution is -0.646. The number of halogens is 24. The van der Waals surface area contributed by atoms with Gasteiger partial charge in [0.15, 0.2) is 0 Å². The van der Waals surface area contributed by atoms with E-state index in [1.54, 1.807) is 30.3 Å². The number of carboxylic acid groups (broad SMARTS) is 1. The first kappa shape index (κ1) is 64.0. The monoisotopic (exact) mass is 1230 g/mol. The molecule has 0 unspecified atom stereocenters. The van der Waals surface area contributed by atoms with E-state index in [4.69, 9.17) is 0 Å². The topological polar surface area (TPSA) is 58.2 Å². The molecule has 7 aromatic carbocycles. The number of nitrogens with zero attached hydrogens (tertiary/aromatic N) is 1. The molecule has 4 nitrogen and oxygen atoms in total. The molecule has 0 aliphatic rings. The lowest BCUT2D eigenvalue weighted by Gasteiger charge is -2.46. The summed E-state index contributed by atoms with van der Waals surface area (Å²) in [5.41, 5.74) is -26.9. The molecule has 1 heterocycles. The van der Waals surface area contributed by atoms with E-state index in [1.165, 1.54) is 0 Å². The number of pyridine rings is 1. The molecule has 85 heavy (non-hydrogen) atoms. The van der Waals surface area contributed by atoms with Crippen molar-refractivity contribution in [3.8, 4) is 11.3 Å². The minimum absolute atomic E-state index is 0.00223. The van der Waals surface area contributed by atoms with Crippen molar-refractivity contribution in [1.82, 2.24) is 0 Å². The Hall–Kier alpha value is -8.53. The predicted octanol–water partition coefficient (Wildman–Crippen LogP) is 15.6. The second-order valence-electron chi connectivity index (χ2n) is 18.8. The highest BCUT2D eigenvalue weighted by Gasteiger charge is 2.47. The number of ketones is 1. The van der Waals surface area contributed by atoms with Gasteiger partial charge in [-0.25, -0.2) is 4.79 Å². The highest BCUT2D eigenvalue weighted by atomic mass is 19.4. The lowest BCUT2D eigenvalue weighted by atomic mass is 9.12. The molecule has 1 aromatic heterocycles. The van der Waals surface area contributed by atoms with Crippen LogP contribution in [-0.2, 0) is 56.0 Å². The zero-order valence-corrected chi connectivity index (χ0v) is 41.7. The lowest BCUT2D eigenvalue weighted by Crippen LogP contribution is -2.75. The largest absolute Gasteiger partial charge is 0.478 e. The van der Waals surface area contributed by atoms with Gasteiger partial charge in [0.25, 0.3) is 0 Å². The Morgan fingerprint density at radius 2 is 0.647 bits per heavy atom. The van der Waals surface area contributed by atoms with E-state index < -0.39 is 201 Å². The molecular weight excluding hydrogens is 1200 g/mol. The molecule has 0 aliphatic heterocycles. The number of carboxylic acids is 1. The van der Waals surface area contributed by atoms with Gasteiger partial charge in [0.1, 0.15) is 6.15 Å². The number of carbonyl (C=O) groups is 2. The average molecular weight is 1230 g/mol. The number of para-hydroxylation sites is 1. The second kappa shape index (κ2) is 22.5. The third-order valence-corrected chi connectivity index (χ3v) is 13.2. The third kappa shape index (κ3) is 14.2. The molecule has 1 N–H and O–H groups in total. The fourth-order valence-corrected chi connectivity index (χ4v) is 9.43. The van der Waals surface area contributed by atoms with Crippen LogP contribution in [0.15, 0.2) is 164 Å². The number of benzene rings is 7. The van der Waals surface area contributed by atoms with Crippen LogP contribution in [0.3, 0.4) is 0 Å².